The molecule has 0 bridgehead atoms. The van der Waals surface area contributed by atoms with Crippen LogP contribution >= 0.6 is 0 Å². The molecule has 0 saturated carbocycles. The second kappa shape index (κ2) is 8.99. The molecule has 1 heterocycles. The molecule has 0 aliphatic carbocycles. The summed E-state index contributed by atoms with van der Waals surface area (Å²) in [6, 6.07) is 6.75. The summed E-state index contributed by atoms with van der Waals surface area (Å²) >= 11 is 0. The zero-order chi connectivity index (χ0) is 16.7. The van der Waals surface area contributed by atoms with Crippen molar-refractivity contribution < 1.29 is 13.9 Å². The highest BCUT2D eigenvalue weighted by Gasteiger charge is 2.22. The molecule has 5 heteroatoms. The van der Waals surface area contributed by atoms with Gasteiger partial charge in [-0.2, -0.15) is 0 Å². The number of likely N-dealkylation sites (N-methyl/N-ethyl adjacent to an activating group) is 1. The molecular weight excluding hydrogens is 295 g/mol. The first-order valence-electron chi connectivity index (χ1n) is 8.28. The molecule has 0 radical (unpaired) electrons. The molecule has 128 valence electrons. The van der Waals surface area contributed by atoms with Gasteiger partial charge in [-0.1, -0.05) is 12.1 Å². The lowest BCUT2D eigenvalue weighted by Gasteiger charge is -2.34. The molecule has 1 aliphatic heterocycles. The van der Waals surface area contributed by atoms with Crippen LogP contribution in [0.4, 0.5) is 4.39 Å². The summed E-state index contributed by atoms with van der Waals surface area (Å²) in [5, 5.41) is 0. The number of piperidine rings is 1. The maximum Gasteiger partial charge on any atom is 0.248 e. The Morgan fingerprint density at radius 1 is 1.39 bits per heavy atom. The molecule has 0 aromatic heterocycles. The van der Waals surface area contributed by atoms with Gasteiger partial charge in [-0.05, 0) is 49.4 Å². The molecular formula is C18H27FN2O2. The lowest BCUT2D eigenvalue weighted by molar-refractivity contribution is -0.134. The Labute approximate surface area is 138 Å². The molecule has 1 amide bonds. The highest BCUT2D eigenvalue weighted by atomic mass is 19.1. The standard InChI is InChI=1S/C18H27FN2O2/c1-20(18(22)14-23-2)12-16-4-3-10-21(13-16)11-9-15-5-7-17(19)8-6-15/h5-8,16H,3-4,9-14H2,1-2H3/t16-/m1/s1. The van der Waals surface area contributed by atoms with Gasteiger partial charge in [0.15, 0.2) is 0 Å². The Bertz CT molecular complexity index is 492. The zero-order valence-corrected chi connectivity index (χ0v) is 14.1. The Hall–Kier alpha value is -1.46. The van der Waals surface area contributed by atoms with Gasteiger partial charge < -0.3 is 14.5 Å². The van der Waals surface area contributed by atoms with Crippen molar-refractivity contribution in [3.63, 3.8) is 0 Å². The summed E-state index contributed by atoms with van der Waals surface area (Å²) in [6.07, 6.45) is 3.27. The van der Waals surface area contributed by atoms with Gasteiger partial charge in [0.05, 0.1) is 0 Å². The van der Waals surface area contributed by atoms with Crippen molar-refractivity contribution in [2.45, 2.75) is 19.3 Å². The summed E-state index contributed by atoms with van der Waals surface area (Å²) < 4.78 is 17.8. The van der Waals surface area contributed by atoms with Crippen LogP contribution in [0.1, 0.15) is 18.4 Å². The number of benzene rings is 1. The molecule has 0 N–H and O–H groups in total. The number of amides is 1. The average Bonchev–Trinajstić information content (AvgIpc) is 2.55. The predicted octanol–water partition coefficient (Wildman–Crippen LogP) is 2.19. The molecule has 1 atom stereocenters. The van der Waals surface area contributed by atoms with Crippen molar-refractivity contribution in [3.05, 3.63) is 35.6 Å². The molecule has 0 spiro atoms. The van der Waals surface area contributed by atoms with Crippen LogP contribution in [0.25, 0.3) is 0 Å². The highest BCUT2D eigenvalue weighted by Crippen LogP contribution is 2.18. The molecule has 4 nitrogen and oxygen atoms in total. The average molecular weight is 322 g/mol. The van der Waals surface area contributed by atoms with E-state index in [0.29, 0.717) is 5.92 Å². The number of halogens is 1. The van der Waals surface area contributed by atoms with Gasteiger partial charge in [0.25, 0.3) is 0 Å². The number of hydrogen-bond donors (Lipinski definition) is 0. The number of carbonyl (C=O) groups excluding carboxylic acids is 1. The minimum absolute atomic E-state index is 0.0379. The number of carbonyl (C=O) groups is 1. The normalized spacial score (nSPS) is 18.8. The topological polar surface area (TPSA) is 32.8 Å². The van der Waals surface area contributed by atoms with Gasteiger partial charge >= 0.3 is 0 Å². The van der Waals surface area contributed by atoms with Crippen molar-refractivity contribution in [1.82, 2.24) is 9.80 Å². The SMILES string of the molecule is COCC(=O)N(C)C[C@H]1CCCN(CCc2ccc(F)cc2)C1. The van der Waals surface area contributed by atoms with Crippen LogP contribution in [0, 0.1) is 11.7 Å². The van der Waals surface area contributed by atoms with E-state index in [2.05, 4.69) is 4.90 Å². The fourth-order valence-electron chi connectivity index (χ4n) is 3.16. The van der Waals surface area contributed by atoms with Crippen LogP contribution in [0.15, 0.2) is 24.3 Å². The number of ether oxygens (including phenoxy) is 1. The van der Waals surface area contributed by atoms with E-state index in [1.54, 1.807) is 12.0 Å². The van der Waals surface area contributed by atoms with E-state index < -0.39 is 0 Å². The van der Waals surface area contributed by atoms with Gasteiger partial charge in [-0.3, -0.25) is 4.79 Å². The summed E-state index contributed by atoms with van der Waals surface area (Å²) in [5.41, 5.74) is 1.17. The molecule has 23 heavy (non-hydrogen) atoms. The van der Waals surface area contributed by atoms with E-state index in [0.717, 1.165) is 39.0 Å². The van der Waals surface area contributed by atoms with Crippen molar-refractivity contribution in [1.29, 1.82) is 0 Å². The molecule has 1 saturated heterocycles. The first-order chi connectivity index (χ1) is 11.1. The van der Waals surface area contributed by atoms with E-state index >= 15 is 0 Å². The van der Waals surface area contributed by atoms with Gasteiger partial charge in [0, 0.05) is 33.8 Å². The number of likely N-dealkylation sites (tertiary alicyclic amines) is 1. The molecule has 1 aromatic rings. The molecule has 1 fully saturated rings. The van der Waals surface area contributed by atoms with Crippen molar-refractivity contribution >= 4 is 5.91 Å². The molecule has 1 aliphatic rings. The second-order valence-corrected chi connectivity index (χ2v) is 6.39. The van der Waals surface area contributed by atoms with E-state index in [1.165, 1.54) is 24.1 Å². The highest BCUT2D eigenvalue weighted by molar-refractivity contribution is 5.77. The monoisotopic (exact) mass is 322 g/mol. The quantitative estimate of drug-likeness (QED) is 0.771. The molecule has 1 aromatic carbocycles. The zero-order valence-electron chi connectivity index (χ0n) is 14.1. The summed E-state index contributed by atoms with van der Waals surface area (Å²) in [7, 11) is 3.39. The van der Waals surface area contributed by atoms with E-state index in [4.69, 9.17) is 4.74 Å². The van der Waals surface area contributed by atoms with Crippen LogP contribution in [-0.4, -0.2) is 62.7 Å². The molecule has 2 rings (SSSR count). The minimum atomic E-state index is -0.185. The van der Waals surface area contributed by atoms with Crippen molar-refractivity contribution in [3.8, 4) is 0 Å². The summed E-state index contributed by atoms with van der Waals surface area (Å²) in [4.78, 5) is 16.0. The minimum Gasteiger partial charge on any atom is -0.375 e. The maximum atomic E-state index is 12.9. The van der Waals surface area contributed by atoms with Gasteiger partial charge in [0.2, 0.25) is 5.91 Å². The van der Waals surface area contributed by atoms with E-state index in [-0.39, 0.29) is 18.3 Å². The molecule has 0 unspecified atom stereocenters. The lowest BCUT2D eigenvalue weighted by atomic mass is 9.97. The van der Waals surface area contributed by atoms with Gasteiger partial charge in [-0.15, -0.1) is 0 Å². The largest absolute Gasteiger partial charge is 0.375 e. The summed E-state index contributed by atoms with van der Waals surface area (Å²) in [6.45, 7) is 4.05. The van der Waals surface area contributed by atoms with Crippen LogP contribution < -0.4 is 0 Å². The van der Waals surface area contributed by atoms with Crippen LogP contribution in [0.3, 0.4) is 0 Å². The Morgan fingerprint density at radius 2 is 2.13 bits per heavy atom. The smallest absolute Gasteiger partial charge is 0.248 e. The van der Waals surface area contributed by atoms with E-state index in [9.17, 15) is 9.18 Å². The van der Waals surface area contributed by atoms with E-state index in [1.807, 2.05) is 19.2 Å². The fourth-order valence-corrected chi connectivity index (χ4v) is 3.16. The number of methoxy groups -OCH3 is 1. The predicted molar refractivity (Wildman–Crippen MR) is 88.8 cm³/mol. The van der Waals surface area contributed by atoms with Crippen LogP contribution in [0.2, 0.25) is 0 Å². The number of hydrogen-bond acceptors (Lipinski definition) is 3. The summed E-state index contributed by atoms with van der Waals surface area (Å²) in [5.74, 6) is 0.370. The van der Waals surface area contributed by atoms with Crippen LogP contribution in [0.5, 0.6) is 0 Å². The van der Waals surface area contributed by atoms with Crippen molar-refractivity contribution in [2.24, 2.45) is 5.92 Å². The van der Waals surface area contributed by atoms with Gasteiger partial charge in [0.1, 0.15) is 12.4 Å². The Kier molecular flexibility index (Phi) is 6.99. The van der Waals surface area contributed by atoms with Crippen molar-refractivity contribution in [2.75, 3.05) is 46.9 Å². The second-order valence-electron chi connectivity index (χ2n) is 6.39. The first-order valence-corrected chi connectivity index (χ1v) is 8.28. The third-order valence-corrected chi connectivity index (χ3v) is 4.46. The van der Waals surface area contributed by atoms with Gasteiger partial charge in [-0.25, -0.2) is 4.39 Å². The number of rotatable bonds is 7. The third kappa shape index (κ3) is 5.92. The maximum absolute atomic E-state index is 12.9. The Balaban J connectivity index is 1.76. The lowest BCUT2D eigenvalue weighted by Crippen LogP contribution is -2.42. The number of nitrogens with zero attached hydrogens (tertiary/aromatic N) is 2. The first kappa shape index (κ1) is 17.9. The third-order valence-electron chi connectivity index (χ3n) is 4.46. The Morgan fingerprint density at radius 3 is 2.83 bits per heavy atom. The van der Waals surface area contributed by atoms with Crippen LogP contribution in [-0.2, 0) is 16.0 Å². The fraction of sp³-hybridized carbons (Fsp3) is 0.611.